The van der Waals surface area contributed by atoms with Crippen molar-refractivity contribution < 1.29 is 40.1 Å². The number of fused-ring (bicyclic) bond motifs is 7. The van der Waals surface area contributed by atoms with Gasteiger partial charge in [-0.3, -0.25) is 4.79 Å². The van der Waals surface area contributed by atoms with Gasteiger partial charge in [0.2, 0.25) is 0 Å². The molecule has 5 aliphatic rings. The molecule has 1 amide bonds. The van der Waals surface area contributed by atoms with E-state index in [-0.39, 0.29) is 57.9 Å². The number of nitrogens with one attached hydrogen (secondary N) is 1. The number of allylic oxidation sites excluding steroid dienone is 3. The molecule has 3 fully saturated rings. The number of ether oxygens (including phenoxy) is 1. The maximum Gasteiger partial charge on any atom is 0.534 e. The van der Waals surface area contributed by atoms with Crippen molar-refractivity contribution in [2.24, 2.45) is 45.3 Å². The van der Waals surface area contributed by atoms with Gasteiger partial charge in [0.15, 0.2) is 5.78 Å². The van der Waals surface area contributed by atoms with E-state index in [0.717, 1.165) is 36.8 Å². The van der Waals surface area contributed by atoms with Crippen LogP contribution in [0.25, 0.3) is 0 Å². The fourth-order valence-corrected chi connectivity index (χ4v) is 11.8. The molecule has 5 rings (SSSR count). The van der Waals surface area contributed by atoms with Gasteiger partial charge >= 0.3 is 21.7 Å². The summed E-state index contributed by atoms with van der Waals surface area (Å²) in [5.74, 6) is 0.168. The lowest BCUT2D eigenvalue weighted by Gasteiger charge is -2.71. The second kappa shape index (κ2) is 10.5. The molecule has 260 valence electrons. The lowest BCUT2D eigenvalue weighted by Crippen LogP contribution is -2.66. The van der Waals surface area contributed by atoms with Crippen LogP contribution in [0, 0.1) is 45.3 Å². The predicted molar refractivity (Wildman–Crippen MR) is 169 cm³/mol. The Morgan fingerprint density at radius 2 is 1.59 bits per heavy atom. The first kappa shape index (κ1) is 35.3. The Labute approximate surface area is 272 Å². The second-order valence-corrected chi connectivity index (χ2v) is 18.9. The summed E-state index contributed by atoms with van der Waals surface area (Å²) in [6.45, 7) is 20.1. The van der Waals surface area contributed by atoms with Crippen LogP contribution in [0.4, 0.5) is 18.0 Å². The van der Waals surface area contributed by atoms with Gasteiger partial charge in [-0.15, -0.1) is 0 Å². The minimum absolute atomic E-state index is 0.00150. The average Bonchev–Trinajstić information content (AvgIpc) is 3.16. The first-order valence-electron chi connectivity index (χ1n) is 16.8. The van der Waals surface area contributed by atoms with Crippen LogP contribution in [-0.4, -0.2) is 36.9 Å². The van der Waals surface area contributed by atoms with Gasteiger partial charge in [-0.25, -0.2) is 4.79 Å². The van der Waals surface area contributed by atoms with Crippen molar-refractivity contribution in [3.05, 3.63) is 23.0 Å². The monoisotopic (exact) mass is 671 g/mol. The molecular weight excluding hydrogens is 619 g/mol. The van der Waals surface area contributed by atoms with Crippen molar-refractivity contribution in [3.8, 4) is 0 Å². The van der Waals surface area contributed by atoms with E-state index < -0.39 is 38.3 Å². The molecule has 11 heteroatoms. The van der Waals surface area contributed by atoms with E-state index in [0.29, 0.717) is 19.3 Å². The number of carbonyl (C=O) groups is 2. The highest BCUT2D eigenvalue weighted by atomic mass is 32.2. The number of amides is 1. The van der Waals surface area contributed by atoms with Gasteiger partial charge in [0.25, 0.3) is 0 Å². The second-order valence-electron chi connectivity index (χ2n) is 17.4. The Balaban J connectivity index is 1.53. The summed E-state index contributed by atoms with van der Waals surface area (Å²) in [6.07, 6.45) is 6.38. The Hall–Kier alpha value is -2.04. The zero-order chi connectivity index (χ0) is 34.7. The summed E-state index contributed by atoms with van der Waals surface area (Å²) in [4.78, 5) is 26.9. The van der Waals surface area contributed by atoms with Gasteiger partial charge < -0.3 is 14.2 Å². The van der Waals surface area contributed by atoms with E-state index >= 15 is 0 Å². The third kappa shape index (κ3) is 5.06. The third-order valence-corrected chi connectivity index (χ3v) is 14.1. The number of hydrogen-bond acceptors (Lipinski definition) is 6. The Bertz CT molecular complexity index is 1490. The van der Waals surface area contributed by atoms with E-state index in [4.69, 9.17) is 8.92 Å². The lowest BCUT2D eigenvalue weighted by molar-refractivity contribution is -0.199. The van der Waals surface area contributed by atoms with Crippen molar-refractivity contribution in [2.75, 3.05) is 0 Å². The molecule has 0 heterocycles. The van der Waals surface area contributed by atoms with Crippen molar-refractivity contribution in [3.63, 3.8) is 0 Å². The minimum Gasteiger partial charge on any atom is -0.444 e. The highest BCUT2D eigenvalue weighted by Crippen LogP contribution is 2.75. The average molecular weight is 672 g/mol. The van der Waals surface area contributed by atoms with Crippen LogP contribution in [0.3, 0.4) is 0 Å². The van der Waals surface area contributed by atoms with Crippen LogP contribution in [-0.2, 0) is 23.8 Å². The Morgan fingerprint density at radius 1 is 0.957 bits per heavy atom. The van der Waals surface area contributed by atoms with Gasteiger partial charge in [0.05, 0.1) is 5.54 Å². The molecule has 7 unspecified atom stereocenters. The number of alkyl halides is 3. The fourth-order valence-electron chi connectivity index (χ4n) is 11.1. The fraction of sp³-hybridized carbons (Fsp3) is 0.829. The molecule has 0 aromatic carbocycles. The van der Waals surface area contributed by atoms with Crippen LogP contribution in [0.2, 0.25) is 0 Å². The third-order valence-electron chi connectivity index (χ3n) is 13.2. The number of Topliss-reactive ketones (excluding diaryl/α,β-unsaturated/α-hetero) is 1. The molecule has 0 aromatic rings. The number of carbonyl (C=O) groups excluding carboxylic acids is 2. The van der Waals surface area contributed by atoms with Crippen molar-refractivity contribution in [2.45, 2.75) is 137 Å². The molecular formula is C35H52F3NO6S. The summed E-state index contributed by atoms with van der Waals surface area (Å²) in [6, 6.07) is 0. The molecule has 5 aliphatic carbocycles. The molecule has 0 spiro atoms. The zero-order valence-electron chi connectivity index (χ0n) is 29.0. The normalized spacial score (nSPS) is 39.1. The van der Waals surface area contributed by atoms with Crippen LogP contribution >= 0.6 is 0 Å². The maximum atomic E-state index is 13.7. The summed E-state index contributed by atoms with van der Waals surface area (Å²) in [5, 5.41) is 3.21. The first-order chi connectivity index (χ1) is 20.8. The molecule has 46 heavy (non-hydrogen) atoms. The van der Waals surface area contributed by atoms with Gasteiger partial charge in [0.1, 0.15) is 11.4 Å². The molecule has 7 nitrogen and oxygen atoms in total. The van der Waals surface area contributed by atoms with Crippen LogP contribution in [0.1, 0.15) is 121 Å². The standard InChI is InChI=1S/C35H52F3NO6S/c1-20(2)26-22(40)19-34(39-28(41)44-29(3,4)5)18-17-32(9)21(27(26)34)11-12-24-31(8)15-14-25(45-46(42,43)35(36,37)38)30(6,7)23(31)13-16-33(24,32)10/h14,20-21,23-24H,11-13,15-19H2,1-10H3,(H,39,41). The van der Waals surface area contributed by atoms with E-state index in [1.54, 1.807) is 6.08 Å². The quantitative estimate of drug-likeness (QED) is 0.237. The van der Waals surface area contributed by atoms with E-state index in [1.165, 1.54) is 0 Å². The van der Waals surface area contributed by atoms with E-state index in [1.807, 2.05) is 48.5 Å². The van der Waals surface area contributed by atoms with E-state index in [2.05, 4.69) is 26.1 Å². The SMILES string of the molecule is CC(C)C1=C2C3CCC4C5(C)CC=C(OS(=O)(=O)C(F)(F)F)C(C)(C)C5CCC4(C)C3(C)CCC2(NC(=O)OC(C)(C)C)CC1=O. The number of ketones is 1. The number of hydrogen-bond donors (Lipinski definition) is 1. The highest BCUT2D eigenvalue weighted by molar-refractivity contribution is 7.87. The minimum atomic E-state index is -5.78. The maximum absolute atomic E-state index is 13.7. The predicted octanol–water partition coefficient (Wildman–Crippen LogP) is 8.60. The summed E-state index contributed by atoms with van der Waals surface area (Å²) < 4.78 is 74.4. The zero-order valence-corrected chi connectivity index (χ0v) is 29.9. The molecule has 0 aliphatic heterocycles. The van der Waals surface area contributed by atoms with Crippen molar-refractivity contribution in [1.29, 1.82) is 0 Å². The summed E-state index contributed by atoms with van der Waals surface area (Å²) in [5.41, 5.74) is -6.63. The Kier molecular flexibility index (Phi) is 8.03. The number of halogens is 3. The van der Waals surface area contributed by atoms with Gasteiger partial charge in [-0.2, -0.15) is 21.6 Å². The molecule has 1 N–H and O–H groups in total. The molecule has 0 radical (unpaired) electrons. The molecule has 0 bridgehead atoms. The molecule has 7 atom stereocenters. The summed E-state index contributed by atoms with van der Waals surface area (Å²) in [7, 11) is -5.78. The van der Waals surface area contributed by atoms with E-state index in [9.17, 15) is 31.2 Å². The van der Waals surface area contributed by atoms with Crippen molar-refractivity contribution >= 4 is 22.0 Å². The number of alkyl carbamates (subject to hydrolysis) is 1. The van der Waals surface area contributed by atoms with Crippen LogP contribution < -0.4 is 5.32 Å². The smallest absolute Gasteiger partial charge is 0.444 e. The van der Waals surface area contributed by atoms with Gasteiger partial charge in [0, 0.05) is 11.8 Å². The topological polar surface area (TPSA) is 98.8 Å². The molecule has 0 aromatic heterocycles. The lowest BCUT2D eigenvalue weighted by atomic mass is 9.34. The van der Waals surface area contributed by atoms with Gasteiger partial charge in [-0.1, -0.05) is 48.5 Å². The van der Waals surface area contributed by atoms with Crippen molar-refractivity contribution in [1.82, 2.24) is 5.32 Å². The van der Waals surface area contributed by atoms with Crippen LogP contribution in [0.5, 0.6) is 0 Å². The van der Waals surface area contributed by atoms with Gasteiger partial charge in [-0.05, 0) is 123 Å². The molecule has 3 saturated carbocycles. The molecule has 0 saturated heterocycles. The Morgan fingerprint density at radius 3 is 2.15 bits per heavy atom. The van der Waals surface area contributed by atoms with Crippen LogP contribution in [0.15, 0.2) is 23.0 Å². The highest BCUT2D eigenvalue weighted by Gasteiger charge is 2.70. The largest absolute Gasteiger partial charge is 0.534 e. The first-order valence-corrected chi connectivity index (χ1v) is 18.2. The summed E-state index contributed by atoms with van der Waals surface area (Å²) >= 11 is 0. The number of rotatable bonds is 4.